The van der Waals surface area contributed by atoms with E-state index < -0.39 is 0 Å². The standard InChI is InChI=1S/C10H15NO3/c1-14-10-6-9(13)3-2-8(10)7-11-4-5-12/h2-3,6,11-13H,4-5,7H2,1H3. The van der Waals surface area contributed by atoms with Crippen molar-refractivity contribution in [2.24, 2.45) is 0 Å². The van der Waals surface area contributed by atoms with Gasteiger partial charge in [-0.2, -0.15) is 0 Å². The molecule has 0 atom stereocenters. The molecule has 14 heavy (non-hydrogen) atoms. The Kier molecular flexibility index (Phi) is 4.22. The van der Waals surface area contributed by atoms with Gasteiger partial charge in [0.05, 0.1) is 13.7 Å². The molecule has 0 heterocycles. The van der Waals surface area contributed by atoms with Gasteiger partial charge >= 0.3 is 0 Å². The summed E-state index contributed by atoms with van der Waals surface area (Å²) in [5.41, 5.74) is 0.957. The quantitative estimate of drug-likeness (QED) is 0.601. The van der Waals surface area contributed by atoms with Gasteiger partial charge in [0.25, 0.3) is 0 Å². The Morgan fingerprint density at radius 1 is 1.43 bits per heavy atom. The summed E-state index contributed by atoms with van der Waals surface area (Å²) < 4.78 is 5.09. The zero-order valence-electron chi connectivity index (χ0n) is 8.16. The van der Waals surface area contributed by atoms with E-state index in [1.807, 2.05) is 0 Å². The second kappa shape index (κ2) is 5.47. The van der Waals surface area contributed by atoms with Gasteiger partial charge in [-0.3, -0.25) is 0 Å². The number of nitrogens with one attached hydrogen (secondary N) is 1. The Hall–Kier alpha value is -1.26. The summed E-state index contributed by atoms with van der Waals surface area (Å²) in [5.74, 6) is 0.836. The molecule has 0 spiro atoms. The number of aliphatic hydroxyl groups excluding tert-OH is 1. The largest absolute Gasteiger partial charge is 0.508 e. The van der Waals surface area contributed by atoms with Crippen molar-refractivity contribution in [2.45, 2.75) is 6.54 Å². The fourth-order valence-electron chi connectivity index (χ4n) is 1.18. The fraction of sp³-hybridized carbons (Fsp3) is 0.400. The van der Waals surface area contributed by atoms with Gasteiger partial charge in [0.1, 0.15) is 11.5 Å². The molecule has 1 aromatic rings. The van der Waals surface area contributed by atoms with Crippen molar-refractivity contribution in [3.8, 4) is 11.5 Å². The molecule has 1 aromatic carbocycles. The number of hydrogen-bond acceptors (Lipinski definition) is 4. The summed E-state index contributed by atoms with van der Waals surface area (Å²) in [7, 11) is 1.56. The Morgan fingerprint density at radius 3 is 2.86 bits per heavy atom. The highest BCUT2D eigenvalue weighted by atomic mass is 16.5. The van der Waals surface area contributed by atoms with E-state index in [1.165, 1.54) is 0 Å². The maximum atomic E-state index is 9.20. The molecule has 0 bridgehead atoms. The van der Waals surface area contributed by atoms with Crippen LogP contribution in [0.1, 0.15) is 5.56 Å². The lowest BCUT2D eigenvalue weighted by Crippen LogP contribution is -2.17. The van der Waals surface area contributed by atoms with E-state index in [-0.39, 0.29) is 12.4 Å². The van der Waals surface area contributed by atoms with E-state index in [0.29, 0.717) is 18.8 Å². The maximum absolute atomic E-state index is 9.20. The van der Waals surface area contributed by atoms with Gasteiger partial charge in [-0.1, -0.05) is 6.07 Å². The van der Waals surface area contributed by atoms with Crippen molar-refractivity contribution in [3.05, 3.63) is 23.8 Å². The summed E-state index contributed by atoms with van der Waals surface area (Å²) >= 11 is 0. The molecule has 0 aromatic heterocycles. The number of aliphatic hydroxyl groups is 1. The number of ether oxygens (including phenoxy) is 1. The van der Waals surface area contributed by atoms with Crippen molar-refractivity contribution in [3.63, 3.8) is 0 Å². The molecule has 0 radical (unpaired) electrons. The predicted molar refractivity (Wildman–Crippen MR) is 53.5 cm³/mol. The first kappa shape index (κ1) is 10.8. The van der Waals surface area contributed by atoms with Gasteiger partial charge in [-0.25, -0.2) is 0 Å². The van der Waals surface area contributed by atoms with Crippen LogP contribution in [0.4, 0.5) is 0 Å². The van der Waals surface area contributed by atoms with Crippen LogP contribution in [-0.2, 0) is 6.54 Å². The Morgan fingerprint density at radius 2 is 2.21 bits per heavy atom. The molecule has 0 aliphatic carbocycles. The van der Waals surface area contributed by atoms with Gasteiger partial charge in [-0.15, -0.1) is 0 Å². The van der Waals surface area contributed by atoms with Crippen LogP contribution < -0.4 is 10.1 Å². The first-order valence-corrected chi connectivity index (χ1v) is 4.45. The molecule has 0 saturated carbocycles. The Bertz CT molecular complexity index is 289. The van der Waals surface area contributed by atoms with Gasteiger partial charge in [-0.05, 0) is 6.07 Å². The second-order valence-corrected chi connectivity index (χ2v) is 2.90. The molecule has 0 fully saturated rings. The fourth-order valence-corrected chi connectivity index (χ4v) is 1.18. The molecule has 0 amide bonds. The molecule has 4 heteroatoms. The van der Waals surface area contributed by atoms with Crippen molar-refractivity contribution in [1.82, 2.24) is 5.32 Å². The molecule has 0 saturated heterocycles. The molecular weight excluding hydrogens is 182 g/mol. The van der Waals surface area contributed by atoms with Crippen LogP contribution in [-0.4, -0.2) is 30.5 Å². The van der Waals surface area contributed by atoms with Crippen molar-refractivity contribution in [1.29, 1.82) is 0 Å². The highest BCUT2D eigenvalue weighted by Crippen LogP contribution is 2.23. The van der Waals surface area contributed by atoms with E-state index in [0.717, 1.165) is 5.56 Å². The predicted octanol–water partition coefficient (Wildman–Crippen LogP) is 0.483. The van der Waals surface area contributed by atoms with Crippen molar-refractivity contribution < 1.29 is 14.9 Å². The van der Waals surface area contributed by atoms with E-state index in [9.17, 15) is 5.11 Å². The third-order valence-corrected chi connectivity index (χ3v) is 1.87. The average molecular weight is 197 g/mol. The van der Waals surface area contributed by atoms with Crippen LogP contribution >= 0.6 is 0 Å². The van der Waals surface area contributed by atoms with Crippen molar-refractivity contribution >= 4 is 0 Å². The summed E-state index contributed by atoms with van der Waals surface area (Å²) in [6, 6.07) is 4.97. The highest BCUT2D eigenvalue weighted by molar-refractivity contribution is 5.39. The second-order valence-electron chi connectivity index (χ2n) is 2.90. The number of rotatable bonds is 5. The van der Waals surface area contributed by atoms with Crippen LogP contribution in [0.15, 0.2) is 18.2 Å². The maximum Gasteiger partial charge on any atom is 0.127 e. The Labute approximate surface area is 83.1 Å². The van der Waals surface area contributed by atoms with Crippen LogP contribution in [0.3, 0.4) is 0 Å². The number of phenolic OH excluding ortho intramolecular Hbond substituents is 1. The summed E-state index contributed by atoms with van der Waals surface area (Å²) in [5, 5.41) is 20.8. The minimum absolute atomic E-state index is 0.112. The monoisotopic (exact) mass is 197 g/mol. The van der Waals surface area contributed by atoms with Crippen LogP contribution in [0.5, 0.6) is 11.5 Å². The van der Waals surface area contributed by atoms with Crippen molar-refractivity contribution in [2.75, 3.05) is 20.3 Å². The summed E-state index contributed by atoms with van der Waals surface area (Å²) in [6.07, 6.45) is 0. The minimum Gasteiger partial charge on any atom is -0.508 e. The smallest absolute Gasteiger partial charge is 0.127 e. The molecule has 3 N–H and O–H groups in total. The minimum atomic E-state index is 0.112. The number of hydrogen-bond donors (Lipinski definition) is 3. The van der Waals surface area contributed by atoms with Gasteiger partial charge in [0.15, 0.2) is 0 Å². The van der Waals surface area contributed by atoms with Gasteiger partial charge < -0.3 is 20.3 Å². The normalized spacial score (nSPS) is 10.1. The summed E-state index contributed by atoms with van der Waals surface area (Å²) in [4.78, 5) is 0. The van der Waals surface area contributed by atoms with Gasteiger partial charge in [0.2, 0.25) is 0 Å². The lowest BCUT2D eigenvalue weighted by atomic mass is 10.2. The van der Waals surface area contributed by atoms with E-state index in [2.05, 4.69) is 5.32 Å². The van der Waals surface area contributed by atoms with Crippen LogP contribution in [0.2, 0.25) is 0 Å². The topological polar surface area (TPSA) is 61.7 Å². The zero-order chi connectivity index (χ0) is 10.4. The van der Waals surface area contributed by atoms with E-state index >= 15 is 0 Å². The first-order valence-electron chi connectivity index (χ1n) is 4.45. The molecule has 78 valence electrons. The molecule has 1 rings (SSSR count). The molecule has 0 aliphatic heterocycles. The first-order chi connectivity index (χ1) is 6.77. The Balaban J connectivity index is 2.65. The zero-order valence-corrected chi connectivity index (χ0v) is 8.16. The molecular formula is C10H15NO3. The number of aromatic hydroxyl groups is 1. The summed E-state index contributed by atoms with van der Waals surface area (Å²) in [6.45, 7) is 1.27. The average Bonchev–Trinajstić information content (AvgIpc) is 2.20. The van der Waals surface area contributed by atoms with Crippen LogP contribution in [0.25, 0.3) is 0 Å². The van der Waals surface area contributed by atoms with Gasteiger partial charge in [0, 0.05) is 24.7 Å². The third-order valence-electron chi connectivity index (χ3n) is 1.87. The third kappa shape index (κ3) is 2.90. The number of phenols is 1. The highest BCUT2D eigenvalue weighted by Gasteiger charge is 2.02. The SMILES string of the molecule is COc1cc(O)ccc1CNCCO. The molecule has 0 unspecified atom stereocenters. The van der Waals surface area contributed by atoms with E-state index in [4.69, 9.17) is 9.84 Å². The lowest BCUT2D eigenvalue weighted by molar-refractivity contribution is 0.291. The molecule has 4 nitrogen and oxygen atoms in total. The molecule has 0 aliphatic rings. The number of benzene rings is 1. The number of methoxy groups -OCH3 is 1. The van der Waals surface area contributed by atoms with Crippen LogP contribution in [0, 0.1) is 0 Å². The lowest BCUT2D eigenvalue weighted by Gasteiger charge is -2.09. The van der Waals surface area contributed by atoms with E-state index in [1.54, 1.807) is 25.3 Å².